The molecule has 0 amide bonds. The summed E-state index contributed by atoms with van der Waals surface area (Å²) in [5.74, 6) is 0.220. The number of nitrogens with zero attached hydrogens (tertiary/aromatic N) is 4. The van der Waals surface area contributed by atoms with E-state index in [4.69, 9.17) is 14.2 Å². The molecular weight excluding hydrogens is 517 g/mol. The van der Waals surface area contributed by atoms with Crippen LogP contribution in [0.3, 0.4) is 0 Å². The molecule has 0 atom stereocenters. The van der Waals surface area contributed by atoms with Crippen LogP contribution < -0.4 is 4.74 Å². The number of methoxy groups -OCH3 is 1. The van der Waals surface area contributed by atoms with E-state index < -0.39 is 25.4 Å². The summed E-state index contributed by atoms with van der Waals surface area (Å²) in [5, 5.41) is 0. The Kier molecular flexibility index (Phi) is 8.98. The lowest BCUT2D eigenvalue weighted by atomic mass is 9.95. The first-order chi connectivity index (χ1) is 17.7. The maximum Gasteiger partial charge on any atom is 0.434 e. The van der Waals surface area contributed by atoms with Gasteiger partial charge in [0.1, 0.15) is 24.8 Å². The minimum Gasteiger partial charge on any atom is -0.492 e. The maximum atomic E-state index is 13.4. The molecule has 0 aliphatic rings. The summed E-state index contributed by atoms with van der Waals surface area (Å²) >= 11 is 0. The summed E-state index contributed by atoms with van der Waals surface area (Å²) in [5.41, 5.74) is -0.360. The Bertz CT molecular complexity index is 1220. The van der Waals surface area contributed by atoms with Crippen LogP contribution in [0.25, 0.3) is 22.8 Å². The highest BCUT2D eigenvalue weighted by Crippen LogP contribution is 2.31. The number of esters is 1. The lowest BCUT2D eigenvalue weighted by Gasteiger charge is -2.26. The summed E-state index contributed by atoms with van der Waals surface area (Å²) in [4.78, 5) is 24.3. The molecule has 38 heavy (non-hydrogen) atoms. The van der Waals surface area contributed by atoms with E-state index in [1.807, 2.05) is 0 Å². The van der Waals surface area contributed by atoms with Crippen LogP contribution in [0.4, 0.5) is 13.2 Å². The number of ether oxygens (including phenoxy) is 3. The van der Waals surface area contributed by atoms with Crippen molar-refractivity contribution < 1.29 is 32.2 Å². The smallest absolute Gasteiger partial charge is 0.434 e. The Morgan fingerprint density at radius 1 is 1.03 bits per heavy atom. The number of hydrogen-bond acceptors (Lipinski definition) is 7. The Balaban J connectivity index is 1.74. The highest BCUT2D eigenvalue weighted by molar-refractivity contribution is 6.76. The number of hydrogen-bond donors (Lipinski definition) is 0. The predicted molar refractivity (Wildman–Crippen MR) is 139 cm³/mol. The third-order valence-electron chi connectivity index (χ3n) is 5.66. The standard InChI is InChI=1S/C26H33F3N4O4Si/c1-25(2,24(34)35-3)16-37-19-9-7-18(8-10-19)20-13-31-21(14-30-20)23-32-22(26(27,28)29)15-33(23)17-36-11-12-38(4,5)6/h7-10,13-15H,11-12,16-17H2,1-6H3/q-1. The molecule has 2 aromatic heterocycles. The lowest BCUT2D eigenvalue weighted by Crippen LogP contribution is -2.32. The van der Waals surface area contributed by atoms with Gasteiger partial charge in [-0.2, -0.15) is 32.8 Å². The molecule has 0 spiro atoms. The quantitative estimate of drug-likeness (QED) is 0.166. The number of carbonyl (C=O) groups excluding carboxylic acids is 1. The predicted octanol–water partition coefficient (Wildman–Crippen LogP) is 5.92. The van der Waals surface area contributed by atoms with E-state index in [9.17, 15) is 18.0 Å². The van der Waals surface area contributed by atoms with E-state index in [1.54, 1.807) is 38.1 Å². The van der Waals surface area contributed by atoms with Gasteiger partial charge in [0, 0.05) is 18.4 Å². The molecule has 0 saturated heterocycles. The average Bonchev–Trinajstić information content (AvgIpc) is 3.30. The Morgan fingerprint density at radius 2 is 1.66 bits per heavy atom. The number of carbonyl (C=O) groups is 1. The van der Waals surface area contributed by atoms with Crippen molar-refractivity contribution in [2.24, 2.45) is 5.41 Å². The largest absolute Gasteiger partial charge is 0.492 e. The molecule has 0 bridgehead atoms. The van der Waals surface area contributed by atoms with E-state index in [2.05, 4.69) is 34.6 Å². The summed E-state index contributed by atoms with van der Waals surface area (Å²) in [7, 11) is -0.00771. The summed E-state index contributed by atoms with van der Waals surface area (Å²) < 4.78 is 57.5. The van der Waals surface area contributed by atoms with Crippen LogP contribution in [0.1, 0.15) is 19.5 Å². The van der Waals surface area contributed by atoms with Crippen LogP contribution >= 0.6 is 0 Å². The zero-order valence-corrected chi connectivity index (χ0v) is 23.4. The van der Waals surface area contributed by atoms with Gasteiger partial charge in [-0.05, 0) is 38.1 Å². The topological polar surface area (TPSA) is 88.4 Å². The van der Waals surface area contributed by atoms with Crippen LogP contribution in [0.2, 0.25) is 25.7 Å². The lowest BCUT2D eigenvalue weighted by molar-refractivity contribution is -0.152. The van der Waals surface area contributed by atoms with Crippen molar-refractivity contribution in [3.05, 3.63) is 48.5 Å². The van der Waals surface area contributed by atoms with Crippen molar-refractivity contribution in [3.63, 3.8) is 0 Å². The van der Waals surface area contributed by atoms with Crippen LogP contribution in [-0.4, -0.2) is 53.9 Å². The van der Waals surface area contributed by atoms with Gasteiger partial charge in [0.05, 0.1) is 30.6 Å². The highest BCUT2D eigenvalue weighted by atomic mass is 28.3. The van der Waals surface area contributed by atoms with E-state index in [1.165, 1.54) is 24.1 Å². The fraction of sp³-hybridized carbons (Fsp3) is 0.462. The van der Waals surface area contributed by atoms with Crippen LogP contribution in [0.5, 0.6) is 5.75 Å². The molecule has 0 radical (unpaired) electrons. The van der Waals surface area contributed by atoms with Gasteiger partial charge in [-0.3, -0.25) is 9.78 Å². The molecule has 3 rings (SSSR count). The SMILES string of the molecule is COC(=O)C(C)(C)COc1ccc(-c2cnc(-c3nc(C(F)(F)F)cn3COCC[Si-](C)(C)C)cn2)cc1. The monoisotopic (exact) mass is 550 g/mol. The first kappa shape index (κ1) is 29.3. The third kappa shape index (κ3) is 7.87. The minimum absolute atomic E-state index is 0.0290. The van der Waals surface area contributed by atoms with Gasteiger partial charge in [-0.25, -0.2) is 9.97 Å². The van der Waals surface area contributed by atoms with E-state index in [0.29, 0.717) is 18.1 Å². The zero-order chi connectivity index (χ0) is 28.1. The van der Waals surface area contributed by atoms with Crippen LogP contribution in [0.15, 0.2) is 42.9 Å². The van der Waals surface area contributed by atoms with E-state index in [-0.39, 0.29) is 30.8 Å². The molecule has 0 saturated carbocycles. The first-order valence-corrected chi connectivity index (χ1v) is 15.8. The molecular formula is C26H33F3N4O4Si-. The van der Waals surface area contributed by atoms with Gasteiger partial charge < -0.3 is 18.8 Å². The van der Waals surface area contributed by atoms with Crippen LogP contribution in [-0.2, 0) is 27.2 Å². The van der Waals surface area contributed by atoms with E-state index >= 15 is 0 Å². The second-order valence-electron chi connectivity index (χ2n) is 10.7. The molecule has 207 valence electrons. The molecule has 0 unspecified atom stereocenters. The maximum absolute atomic E-state index is 13.4. The Morgan fingerprint density at radius 3 is 2.21 bits per heavy atom. The molecule has 0 aliphatic carbocycles. The Hall–Kier alpha value is -3.25. The normalized spacial score (nSPS) is 12.4. The molecule has 2 heterocycles. The second kappa shape index (κ2) is 11.6. The van der Waals surface area contributed by atoms with Gasteiger partial charge in [0.2, 0.25) is 0 Å². The van der Waals surface area contributed by atoms with E-state index in [0.717, 1.165) is 17.8 Å². The number of alkyl halides is 3. The number of halogens is 3. The molecule has 3 aromatic rings. The molecule has 0 N–H and O–H groups in total. The zero-order valence-electron chi connectivity index (χ0n) is 22.4. The Labute approximate surface area is 221 Å². The molecule has 0 fully saturated rings. The molecule has 8 nitrogen and oxygen atoms in total. The number of benzene rings is 1. The fourth-order valence-corrected chi connectivity index (χ4v) is 4.07. The van der Waals surface area contributed by atoms with Crippen LogP contribution in [0, 0.1) is 5.41 Å². The van der Waals surface area contributed by atoms with Gasteiger partial charge in [-0.1, -0.05) is 0 Å². The van der Waals surface area contributed by atoms with Crippen molar-refractivity contribution in [1.29, 1.82) is 0 Å². The van der Waals surface area contributed by atoms with Crippen molar-refractivity contribution >= 4 is 14.0 Å². The third-order valence-corrected chi connectivity index (χ3v) is 7.37. The van der Waals surface area contributed by atoms with Crippen molar-refractivity contribution in [2.75, 3.05) is 20.3 Å². The van der Waals surface area contributed by atoms with Gasteiger partial charge in [-0.15, -0.1) is 14.1 Å². The van der Waals surface area contributed by atoms with Gasteiger partial charge >= 0.3 is 12.1 Å². The van der Waals surface area contributed by atoms with Gasteiger partial charge in [0.25, 0.3) is 0 Å². The average molecular weight is 551 g/mol. The number of aromatic nitrogens is 4. The molecule has 0 aliphatic heterocycles. The molecule has 1 aromatic carbocycles. The van der Waals surface area contributed by atoms with Crippen molar-refractivity contribution in [1.82, 2.24) is 19.5 Å². The van der Waals surface area contributed by atoms with Crippen molar-refractivity contribution in [2.45, 2.75) is 52.4 Å². The first-order valence-electron chi connectivity index (χ1n) is 12.1. The number of rotatable bonds is 11. The van der Waals surface area contributed by atoms with Gasteiger partial charge in [0.15, 0.2) is 11.5 Å². The molecule has 12 heteroatoms. The summed E-state index contributed by atoms with van der Waals surface area (Å²) in [6.07, 6.45) is -0.801. The summed E-state index contributed by atoms with van der Waals surface area (Å²) in [6.45, 7) is 10.6. The van der Waals surface area contributed by atoms with Crippen molar-refractivity contribution in [3.8, 4) is 28.5 Å². The highest BCUT2D eigenvalue weighted by Gasteiger charge is 2.35. The number of imidazole rings is 1. The fourth-order valence-electron chi connectivity index (χ4n) is 3.31. The second-order valence-corrected chi connectivity index (χ2v) is 16.4. The summed E-state index contributed by atoms with van der Waals surface area (Å²) in [6, 6.07) is 7.92. The minimum atomic E-state index is -4.60.